The quantitative estimate of drug-likeness (QED) is 0.752. The summed E-state index contributed by atoms with van der Waals surface area (Å²) in [6.07, 6.45) is 0.688. The van der Waals surface area contributed by atoms with Gasteiger partial charge in [0.25, 0.3) is 5.91 Å². The third-order valence-electron chi connectivity index (χ3n) is 4.69. The van der Waals surface area contributed by atoms with Gasteiger partial charge in [-0.25, -0.2) is 12.7 Å². The van der Waals surface area contributed by atoms with Gasteiger partial charge in [-0.15, -0.1) is 0 Å². The number of ether oxygens (including phenoxy) is 1. The molecular formula is C20H26N2O4S. The molecule has 0 saturated heterocycles. The zero-order chi connectivity index (χ0) is 20.1. The van der Waals surface area contributed by atoms with Gasteiger partial charge in [0, 0.05) is 26.8 Å². The minimum Gasteiger partial charge on any atom is -0.372 e. The lowest BCUT2D eigenvalue weighted by Crippen LogP contribution is -2.41. The predicted molar refractivity (Wildman–Crippen MR) is 105 cm³/mol. The van der Waals surface area contributed by atoms with E-state index in [0.29, 0.717) is 18.5 Å². The topological polar surface area (TPSA) is 75.7 Å². The van der Waals surface area contributed by atoms with Crippen molar-refractivity contribution in [3.63, 3.8) is 0 Å². The summed E-state index contributed by atoms with van der Waals surface area (Å²) in [5.74, 6) is -0.283. The molecule has 27 heavy (non-hydrogen) atoms. The lowest BCUT2D eigenvalue weighted by Gasteiger charge is -2.32. The predicted octanol–water partition coefficient (Wildman–Crippen LogP) is 2.62. The summed E-state index contributed by atoms with van der Waals surface area (Å²) in [5, 5.41) is 2.90. The van der Waals surface area contributed by atoms with Crippen LogP contribution in [0.5, 0.6) is 0 Å². The van der Waals surface area contributed by atoms with Crippen LogP contribution in [0.4, 0.5) is 0 Å². The number of sulfonamides is 1. The molecule has 0 heterocycles. The monoisotopic (exact) mass is 390 g/mol. The highest BCUT2D eigenvalue weighted by molar-refractivity contribution is 7.89. The number of benzene rings is 2. The standard InChI is InChI=1S/C20H26N2O4S/c1-5-20(26-4,17-9-7-6-8-10-17)15-21-19(23)16-11-13-18(14-12-16)27(24,25)22(2)3/h6-14H,5,15H2,1-4H3,(H,21,23)/t20-/m0/s1. The van der Waals surface area contributed by atoms with Crippen molar-refractivity contribution in [1.29, 1.82) is 0 Å². The molecule has 1 amide bonds. The molecule has 146 valence electrons. The number of carbonyl (C=O) groups is 1. The molecule has 0 unspecified atom stereocenters. The number of nitrogens with zero attached hydrogens (tertiary/aromatic N) is 1. The van der Waals surface area contributed by atoms with Crippen molar-refractivity contribution in [2.75, 3.05) is 27.7 Å². The van der Waals surface area contributed by atoms with Crippen LogP contribution in [0.3, 0.4) is 0 Å². The van der Waals surface area contributed by atoms with E-state index in [0.717, 1.165) is 9.87 Å². The van der Waals surface area contributed by atoms with Crippen molar-refractivity contribution in [2.45, 2.75) is 23.8 Å². The van der Waals surface area contributed by atoms with Gasteiger partial charge in [-0.1, -0.05) is 37.3 Å². The molecular weight excluding hydrogens is 364 g/mol. The molecule has 0 aliphatic heterocycles. The zero-order valence-corrected chi connectivity index (χ0v) is 16.9. The Morgan fingerprint density at radius 1 is 1.07 bits per heavy atom. The first-order valence-electron chi connectivity index (χ1n) is 8.68. The molecule has 7 heteroatoms. The summed E-state index contributed by atoms with van der Waals surface area (Å²) < 4.78 is 31.1. The molecule has 2 aromatic carbocycles. The van der Waals surface area contributed by atoms with Gasteiger partial charge in [0.15, 0.2) is 0 Å². The van der Waals surface area contributed by atoms with Crippen molar-refractivity contribution in [3.05, 3.63) is 65.7 Å². The third-order valence-corrected chi connectivity index (χ3v) is 6.52. The number of rotatable bonds is 8. The Morgan fingerprint density at radius 2 is 1.67 bits per heavy atom. The first kappa shape index (κ1) is 21.1. The van der Waals surface area contributed by atoms with Crippen molar-refractivity contribution in [1.82, 2.24) is 9.62 Å². The SMILES string of the molecule is CC[C@@](CNC(=O)c1ccc(S(=O)(=O)N(C)C)cc1)(OC)c1ccccc1. The summed E-state index contributed by atoms with van der Waals surface area (Å²) >= 11 is 0. The van der Waals surface area contributed by atoms with E-state index in [2.05, 4.69) is 5.32 Å². The van der Waals surface area contributed by atoms with Crippen molar-refractivity contribution in [2.24, 2.45) is 0 Å². The van der Waals surface area contributed by atoms with Crippen LogP contribution in [-0.2, 0) is 20.4 Å². The van der Waals surface area contributed by atoms with Crippen LogP contribution in [0, 0.1) is 0 Å². The lowest BCUT2D eigenvalue weighted by molar-refractivity contribution is -0.0164. The molecule has 2 rings (SSSR count). The van der Waals surface area contributed by atoms with E-state index in [1.807, 2.05) is 37.3 Å². The van der Waals surface area contributed by atoms with Crippen LogP contribution < -0.4 is 5.32 Å². The maximum Gasteiger partial charge on any atom is 0.251 e. The summed E-state index contributed by atoms with van der Waals surface area (Å²) in [6, 6.07) is 15.6. The Balaban J connectivity index is 2.15. The zero-order valence-electron chi connectivity index (χ0n) is 16.1. The highest BCUT2D eigenvalue weighted by atomic mass is 32.2. The van der Waals surface area contributed by atoms with Crippen molar-refractivity contribution < 1.29 is 17.9 Å². The molecule has 2 aromatic rings. The van der Waals surface area contributed by atoms with E-state index < -0.39 is 15.6 Å². The number of hydrogen-bond donors (Lipinski definition) is 1. The Kier molecular flexibility index (Phi) is 6.75. The number of carbonyl (C=O) groups excluding carboxylic acids is 1. The molecule has 1 N–H and O–H groups in total. The lowest BCUT2D eigenvalue weighted by atomic mass is 9.90. The highest BCUT2D eigenvalue weighted by Gasteiger charge is 2.30. The average molecular weight is 391 g/mol. The van der Waals surface area contributed by atoms with Crippen molar-refractivity contribution in [3.8, 4) is 0 Å². The molecule has 6 nitrogen and oxygen atoms in total. The number of methoxy groups -OCH3 is 1. The fourth-order valence-corrected chi connectivity index (χ4v) is 3.72. The second kappa shape index (κ2) is 8.65. The van der Waals surface area contributed by atoms with Gasteiger partial charge in [-0.05, 0) is 36.2 Å². The summed E-state index contributed by atoms with van der Waals surface area (Å²) in [5.41, 5.74) is 0.759. The van der Waals surface area contributed by atoms with Gasteiger partial charge in [-0.3, -0.25) is 4.79 Å². The molecule has 0 bridgehead atoms. The molecule has 0 aliphatic carbocycles. The fraction of sp³-hybridized carbons (Fsp3) is 0.350. The minimum atomic E-state index is -3.52. The molecule has 0 fully saturated rings. The number of amides is 1. The van der Waals surface area contributed by atoms with Gasteiger partial charge in [0.1, 0.15) is 5.60 Å². The molecule has 0 spiro atoms. The van der Waals surface area contributed by atoms with E-state index in [1.165, 1.54) is 38.4 Å². The first-order chi connectivity index (χ1) is 12.8. The van der Waals surface area contributed by atoms with E-state index in [1.54, 1.807) is 7.11 Å². The molecule has 0 aliphatic rings. The van der Waals surface area contributed by atoms with E-state index >= 15 is 0 Å². The number of hydrogen-bond acceptors (Lipinski definition) is 4. The Morgan fingerprint density at radius 3 is 2.15 bits per heavy atom. The van der Waals surface area contributed by atoms with Crippen LogP contribution in [-0.4, -0.2) is 46.4 Å². The van der Waals surface area contributed by atoms with E-state index in [-0.39, 0.29) is 10.8 Å². The highest BCUT2D eigenvalue weighted by Crippen LogP contribution is 2.28. The van der Waals surface area contributed by atoms with Crippen LogP contribution in [0.2, 0.25) is 0 Å². The molecule has 0 saturated carbocycles. The largest absolute Gasteiger partial charge is 0.372 e. The first-order valence-corrected chi connectivity index (χ1v) is 10.1. The molecule has 1 atom stereocenters. The second-order valence-corrected chi connectivity index (χ2v) is 8.56. The van der Waals surface area contributed by atoms with Gasteiger partial charge in [0.05, 0.1) is 11.4 Å². The van der Waals surface area contributed by atoms with Crippen LogP contribution in [0.25, 0.3) is 0 Å². The van der Waals surface area contributed by atoms with Gasteiger partial charge in [-0.2, -0.15) is 0 Å². The Labute approximate surface area is 161 Å². The summed E-state index contributed by atoms with van der Waals surface area (Å²) in [4.78, 5) is 12.7. The fourth-order valence-electron chi connectivity index (χ4n) is 2.82. The number of nitrogens with one attached hydrogen (secondary N) is 1. The third kappa shape index (κ3) is 4.55. The molecule has 0 aromatic heterocycles. The average Bonchev–Trinajstić information content (AvgIpc) is 2.69. The summed E-state index contributed by atoms with van der Waals surface area (Å²) in [7, 11) is 1.05. The maximum absolute atomic E-state index is 12.5. The normalized spacial score (nSPS) is 14.0. The van der Waals surface area contributed by atoms with Gasteiger partial charge in [0.2, 0.25) is 10.0 Å². The van der Waals surface area contributed by atoms with E-state index in [9.17, 15) is 13.2 Å². The van der Waals surface area contributed by atoms with Gasteiger partial charge >= 0.3 is 0 Å². The molecule has 0 radical (unpaired) electrons. The smallest absolute Gasteiger partial charge is 0.251 e. The summed E-state index contributed by atoms with van der Waals surface area (Å²) in [6.45, 7) is 2.31. The van der Waals surface area contributed by atoms with Crippen LogP contribution >= 0.6 is 0 Å². The van der Waals surface area contributed by atoms with Crippen LogP contribution in [0.15, 0.2) is 59.5 Å². The van der Waals surface area contributed by atoms with Crippen LogP contribution in [0.1, 0.15) is 29.3 Å². The van der Waals surface area contributed by atoms with Gasteiger partial charge < -0.3 is 10.1 Å². The van der Waals surface area contributed by atoms with Crippen molar-refractivity contribution >= 4 is 15.9 Å². The van der Waals surface area contributed by atoms with E-state index in [4.69, 9.17) is 4.74 Å². The Bertz CT molecular complexity index is 859. The maximum atomic E-state index is 12.5. The second-order valence-electron chi connectivity index (χ2n) is 6.41. The minimum absolute atomic E-state index is 0.146. The Hall–Kier alpha value is -2.22.